The Hall–Kier alpha value is -0.980. The number of hydrogen-bond acceptors (Lipinski definition) is 1. The Balaban J connectivity index is 2.18. The third-order valence-corrected chi connectivity index (χ3v) is 5.16. The third-order valence-electron chi connectivity index (χ3n) is 3.54. The van der Waals surface area contributed by atoms with E-state index in [9.17, 15) is 4.39 Å². The minimum Gasteiger partial charge on any atom is -0.320 e. The zero-order valence-corrected chi connectivity index (χ0v) is 14.7. The van der Waals surface area contributed by atoms with Crippen LogP contribution in [-0.2, 0) is 0 Å². The molecule has 3 aromatic rings. The fraction of sp³-hybridized carbons (Fsp3) is 0.0588. The average Bonchev–Trinajstić information content (AvgIpc) is 2.47. The molecule has 0 radical (unpaired) electrons. The molecular weight excluding hydrogens is 444 g/mol. The van der Waals surface area contributed by atoms with E-state index in [-0.39, 0.29) is 11.9 Å². The topological polar surface area (TPSA) is 26.0 Å². The molecule has 3 aromatic carbocycles. The number of nitrogens with two attached hydrogens (primary N) is 1. The van der Waals surface area contributed by atoms with Gasteiger partial charge in [0.05, 0.1) is 6.04 Å². The van der Waals surface area contributed by atoms with Gasteiger partial charge in [-0.3, -0.25) is 0 Å². The molecule has 0 aliphatic rings. The van der Waals surface area contributed by atoms with E-state index >= 15 is 0 Å². The van der Waals surface area contributed by atoms with Crippen molar-refractivity contribution in [1.82, 2.24) is 0 Å². The maximum absolute atomic E-state index is 13.3. The summed E-state index contributed by atoms with van der Waals surface area (Å²) in [5.74, 6) is -0.240. The first-order chi connectivity index (χ1) is 10.1. The molecule has 0 fully saturated rings. The van der Waals surface area contributed by atoms with Gasteiger partial charge in [-0.2, -0.15) is 0 Å². The van der Waals surface area contributed by atoms with E-state index in [1.807, 2.05) is 24.3 Å². The highest BCUT2D eigenvalue weighted by Gasteiger charge is 2.16. The van der Waals surface area contributed by atoms with E-state index in [2.05, 4.69) is 50.7 Å². The summed E-state index contributed by atoms with van der Waals surface area (Å²) in [5.41, 5.74) is 8.42. The zero-order chi connectivity index (χ0) is 15.0. The number of halogens is 3. The van der Waals surface area contributed by atoms with Crippen LogP contribution >= 0.6 is 38.5 Å². The van der Waals surface area contributed by atoms with Gasteiger partial charge in [-0.25, -0.2) is 4.39 Å². The third kappa shape index (κ3) is 2.84. The molecule has 0 bridgehead atoms. The molecule has 0 spiro atoms. The molecule has 0 heterocycles. The first-order valence-electron chi connectivity index (χ1n) is 6.45. The summed E-state index contributed by atoms with van der Waals surface area (Å²) < 4.78 is 15.2. The van der Waals surface area contributed by atoms with Crippen molar-refractivity contribution in [3.8, 4) is 0 Å². The molecule has 1 nitrogen and oxygen atoms in total. The Labute approximate surface area is 144 Å². The second-order valence-electron chi connectivity index (χ2n) is 4.83. The van der Waals surface area contributed by atoms with Crippen molar-refractivity contribution < 1.29 is 4.39 Å². The summed E-state index contributed by atoms with van der Waals surface area (Å²) in [7, 11) is 0. The summed E-state index contributed by atoms with van der Waals surface area (Å²) in [6.07, 6.45) is 0. The molecule has 0 aromatic heterocycles. The van der Waals surface area contributed by atoms with Crippen LogP contribution < -0.4 is 5.73 Å². The van der Waals surface area contributed by atoms with E-state index in [0.717, 1.165) is 29.9 Å². The van der Waals surface area contributed by atoms with Crippen LogP contribution in [0.1, 0.15) is 17.2 Å². The predicted molar refractivity (Wildman–Crippen MR) is 96.8 cm³/mol. The number of hydrogen-bond donors (Lipinski definition) is 1. The molecule has 0 aliphatic heterocycles. The van der Waals surface area contributed by atoms with Crippen LogP contribution in [-0.4, -0.2) is 0 Å². The molecule has 4 heteroatoms. The van der Waals surface area contributed by atoms with E-state index in [1.165, 1.54) is 12.1 Å². The van der Waals surface area contributed by atoms with Crippen LogP contribution in [0.5, 0.6) is 0 Å². The van der Waals surface area contributed by atoms with Crippen molar-refractivity contribution in [3.05, 3.63) is 79.6 Å². The van der Waals surface area contributed by atoms with E-state index in [0.29, 0.717) is 0 Å². The van der Waals surface area contributed by atoms with Crippen molar-refractivity contribution in [2.24, 2.45) is 5.73 Å². The lowest BCUT2D eigenvalue weighted by Gasteiger charge is -2.17. The summed E-state index contributed by atoms with van der Waals surface area (Å²) >= 11 is 5.70. The molecule has 0 saturated heterocycles. The first kappa shape index (κ1) is 14.9. The van der Waals surface area contributed by atoms with Gasteiger partial charge < -0.3 is 5.73 Å². The van der Waals surface area contributed by atoms with E-state index < -0.39 is 0 Å². The Morgan fingerprint density at radius 3 is 2.33 bits per heavy atom. The normalized spacial score (nSPS) is 12.6. The van der Waals surface area contributed by atoms with Crippen LogP contribution in [0.2, 0.25) is 0 Å². The summed E-state index contributed by atoms with van der Waals surface area (Å²) in [4.78, 5) is 0. The molecular formula is C17H12BrFIN. The lowest BCUT2D eigenvalue weighted by atomic mass is 9.94. The molecule has 21 heavy (non-hydrogen) atoms. The molecule has 1 unspecified atom stereocenters. The monoisotopic (exact) mass is 455 g/mol. The van der Waals surface area contributed by atoms with Crippen molar-refractivity contribution in [3.63, 3.8) is 0 Å². The molecule has 2 N–H and O–H groups in total. The fourth-order valence-electron chi connectivity index (χ4n) is 2.48. The van der Waals surface area contributed by atoms with Crippen molar-refractivity contribution in [2.45, 2.75) is 6.04 Å². The molecule has 1 atom stereocenters. The molecule has 106 valence electrons. The van der Waals surface area contributed by atoms with Gasteiger partial charge in [0, 0.05) is 8.04 Å². The Bertz CT molecular complexity index is 819. The zero-order valence-electron chi connectivity index (χ0n) is 11.0. The average molecular weight is 456 g/mol. The highest BCUT2D eigenvalue weighted by molar-refractivity contribution is 14.1. The number of benzene rings is 3. The van der Waals surface area contributed by atoms with E-state index in [4.69, 9.17) is 5.73 Å². The highest BCUT2D eigenvalue weighted by atomic mass is 127. The van der Waals surface area contributed by atoms with Gasteiger partial charge in [0.1, 0.15) is 5.82 Å². The Morgan fingerprint density at radius 2 is 1.62 bits per heavy atom. The minimum atomic E-state index is -0.282. The van der Waals surface area contributed by atoms with Gasteiger partial charge in [0.15, 0.2) is 0 Å². The number of fused-ring (bicyclic) bond motifs is 1. The Morgan fingerprint density at radius 1 is 0.952 bits per heavy atom. The Kier molecular flexibility index (Phi) is 4.28. The second kappa shape index (κ2) is 6.02. The van der Waals surface area contributed by atoms with Crippen LogP contribution in [0.4, 0.5) is 4.39 Å². The summed E-state index contributed by atoms with van der Waals surface area (Å²) in [6, 6.07) is 16.6. The molecule has 3 rings (SSSR count). The molecule has 0 aliphatic carbocycles. The minimum absolute atomic E-state index is 0.240. The summed E-state index contributed by atoms with van der Waals surface area (Å²) in [6.45, 7) is 0. The van der Waals surface area contributed by atoms with Crippen molar-refractivity contribution in [2.75, 3.05) is 0 Å². The lowest BCUT2D eigenvalue weighted by Crippen LogP contribution is -2.14. The van der Waals surface area contributed by atoms with Crippen LogP contribution in [0.15, 0.2) is 59.1 Å². The van der Waals surface area contributed by atoms with E-state index in [1.54, 1.807) is 6.07 Å². The van der Waals surface area contributed by atoms with Gasteiger partial charge in [0.2, 0.25) is 0 Å². The maximum Gasteiger partial charge on any atom is 0.124 e. The highest BCUT2D eigenvalue weighted by Crippen LogP contribution is 2.33. The predicted octanol–water partition coefficient (Wildman–Crippen LogP) is 5.39. The van der Waals surface area contributed by atoms with Gasteiger partial charge in [-0.05, 0) is 62.7 Å². The van der Waals surface area contributed by atoms with Gasteiger partial charge >= 0.3 is 0 Å². The largest absolute Gasteiger partial charge is 0.320 e. The standard InChI is InChI=1S/C17H12BrFIN/c18-15-8-7-13(11-3-1-2-4-12(11)15)17(21)14-6-5-10(19)9-16(14)20/h1-9,17H,21H2. The van der Waals surface area contributed by atoms with Crippen molar-refractivity contribution >= 4 is 49.3 Å². The SMILES string of the molecule is NC(c1ccc(F)cc1I)c1ccc(Br)c2ccccc12. The lowest BCUT2D eigenvalue weighted by molar-refractivity contribution is 0.625. The summed E-state index contributed by atoms with van der Waals surface area (Å²) in [5, 5.41) is 2.24. The van der Waals surface area contributed by atoms with Crippen molar-refractivity contribution in [1.29, 1.82) is 0 Å². The molecule has 0 saturated carbocycles. The van der Waals surface area contributed by atoms with Gasteiger partial charge in [0.25, 0.3) is 0 Å². The maximum atomic E-state index is 13.3. The van der Waals surface area contributed by atoms with Crippen LogP contribution in [0.25, 0.3) is 10.8 Å². The van der Waals surface area contributed by atoms with Crippen LogP contribution in [0.3, 0.4) is 0 Å². The fourth-order valence-corrected chi connectivity index (χ4v) is 3.77. The van der Waals surface area contributed by atoms with Gasteiger partial charge in [-0.15, -0.1) is 0 Å². The molecule has 0 amide bonds. The van der Waals surface area contributed by atoms with Crippen LogP contribution in [0, 0.1) is 9.39 Å². The first-order valence-corrected chi connectivity index (χ1v) is 8.33. The number of rotatable bonds is 2. The smallest absolute Gasteiger partial charge is 0.124 e. The second-order valence-corrected chi connectivity index (χ2v) is 6.84. The van der Waals surface area contributed by atoms with Gasteiger partial charge in [-0.1, -0.05) is 52.3 Å². The quantitative estimate of drug-likeness (QED) is 0.515.